The number of carbonyl (C=O) groups is 2. The standard InChI is InChI=1S/C20H23ClN6O4/c1-3-11-16(21)26-17(22-11)18(28)23-12-7-8-27(9-14(12)31-2)20-24-13-6-4-5-10(19(29)30)15(13)25-20/h4-6,12,14H,3,7-9H2,1-2H3,(H,22,26)(H,23,28)(H,24,25)(H,29,30)/t12-,14+/m1/s1. The van der Waals surface area contributed by atoms with E-state index in [0.717, 1.165) is 5.69 Å². The number of para-hydroxylation sites is 1. The maximum atomic E-state index is 12.6. The molecule has 1 aliphatic rings. The van der Waals surface area contributed by atoms with Crippen LogP contribution in [-0.2, 0) is 11.2 Å². The van der Waals surface area contributed by atoms with E-state index in [9.17, 15) is 14.7 Å². The molecule has 3 heterocycles. The lowest BCUT2D eigenvalue weighted by molar-refractivity contribution is 0.0536. The maximum Gasteiger partial charge on any atom is 0.337 e. The lowest BCUT2D eigenvalue weighted by Crippen LogP contribution is -2.55. The molecule has 3 aromatic rings. The number of aryl methyl sites for hydroxylation is 1. The Kier molecular flexibility index (Phi) is 5.84. The van der Waals surface area contributed by atoms with Gasteiger partial charge in [-0.2, -0.15) is 0 Å². The van der Waals surface area contributed by atoms with Crippen molar-refractivity contribution in [3.8, 4) is 0 Å². The van der Waals surface area contributed by atoms with Crippen LogP contribution in [0, 0.1) is 0 Å². The zero-order valence-electron chi connectivity index (χ0n) is 17.1. The van der Waals surface area contributed by atoms with E-state index in [4.69, 9.17) is 16.3 Å². The second kappa shape index (κ2) is 8.56. The number of hydrogen-bond acceptors (Lipinski definition) is 6. The van der Waals surface area contributed by atoms with Crippen molar-refractivity contribution in [1.29, 1.82) is 0 Å². The molecule has 2 atom stereocenters. The molecule has 1 aliphatic heterocycles. The molecule has 0 unspecified atom stereocenters. The first-order chi connectivity index (χ1) is 14.9. The number of ether oxygens (including phenoxy) is 1. The number of aromatic amines is 2. The fraction of sp³-hybridized carbons (Fsp3) is 0.400. The van der Waals surface area contributed by atoms with E-state index in [1.165, 1.54) is 6.07 Å². The minimum Gasteiger partial charge on any atom is -0.478 e. The van der Waals surface area contributed by atoms with Gasteiger partial charge < -0.3 is 30.0 Å². The summed E-state index contributed by atoms with van der Waals surface area (Å²) in [6, 6.07) is 4.78. The highest BCUT2D eigenvalue weighted by molar-refractivity contribution is 6.30. The number of halogens is 1. The molecular weight excluding hydrogens is 424 g/mol. The Morgan fingerprint density at radius 3 is 2.84 bits per heavy atom. The van der Waals surface area contributed by atoms with Gasteiger partial charge >= 0.3 is 5.97 Å². The predicted octanol–water partition coefficient (Wildman–Crippen LogP) is 2.22. The zero-order valence-corrected chi connectivity index (χ0v) is 17.9. The molecule has 0 spiro atoms. The number of aromatic carboxylic acids is 1. The highest BCUT2D eigenvalue weighted by Crippen LogP contribution is 2.24. The minimum atomic E-state index is -1.02. The van der Waals surface area contributed by atoms with E-state index in [2.05, 4.69) is 25.3 Å². The summed E-state index contributed by atoms with van der Waals surface area (Å²) in [4.78, 5) is 40.8. The molecule has 1 amide bonds. The Labute approximate surface area is 183 Å². The summed E-state index contributed by atoms with van der Waals surface area (Å²) in [5.41, 5.74) is 1.93. The van der Waals surface area contributed by atoms with Crippen LogP contribution in [0.15, 0.2) is 18.2 Å². The molecule has 2 aromatic heterocycles. The lowest BCUT2D eigenvalue weighted by atomic mass is 10.0. The molecule has 1 aromatic carbocycles. The number of piperidine rings is 1. The average molecular weight is 447 g/mol. The fourth-order valence-corrected chi connectivity index (χ4v) is 4.09. The lowest BCUT2D eigenvalue weighted by Gasteiger charge is -2.37. The van der Waals surface area contributed by atoms with Crippen LogP contribution < -0.4 is 10.2 Å². The van der Waals surface area contributed by atoms with Gasteiger partial charge in [0.05, 0.1) is 28.9 Å². The molecular formula is C20H23ClN6O4. The van der Waals surface area contributed by atoms with Gasteiger partial charge in [-0.25, -0.2) is 14.8 Å². The number of methoxy groups -OCH3 is 1. The van der Waals surface area contributed by atoms with Crippen molar-refractivity contribution in [2.45, 2.75) is 31.9 Å². The van der Waals surface area contributed by atoms with Crippen molar-refractivity contribution in [2.75, 3.05) is 25.1 Å². The predicted molar refractivity (Wildman–Crippen MR) is 115 cm³/mol. The van der Waals surface area contributed by atoms with E-state index in [1.54, 1.807) is 19.2 Å². The number of carboxylic acid groups (broad SMARTS) is 1. The second-order valence-electron chi connectivity index (χ2n) is 7.36. The molecule has 164 valence electrons. The molecule has 0 radical (unpaired) electrons. The van der Waals surface area contributed by atoms with Crippen LogP contribution in [-0.4, -0.2) is 69.3 Å². The van der Waals surface area contributed by atoms with E-state index >= 15 is 0 Å². The number of hydrogen-bond donors (Lipinski definition) is 4. The largest absolute Gasteiger partial charge is 0.478 e. The van der Waals surface area contributed by atoms with Crippen molar-refractivity contribution in [2.24, 2.45) is 0 Å². The molecule has 0 bridgehead atoms. The number of imidazole rings is 2. The summed E-state index contributed by atoms with van der Waals surface area (Å²) in [5.74, 6) is -0.611. The van der Waals surface area contributed by atoms with Gasteiger partial charge in [-0.1, -0.05) is 24.6 Å². The first-order valence-electron chi connectivity index (χ1n) is 9.96. The Morgan fingerprint density at radius 2 is 2.16 bits per heavy atom. The van der Waals surface area contributed by atoms with E-state index in [0.29, 0.717) is 48.1 Å². The van der Waals surface area contributed by atoms with E-state index in [-0.39, 0.29) is 29.4 Å². The van der Waals surface area contributed by atoms with Crippen LogP contribution in [0.1, 0.15) is 40.0 Å². The second-order valence-corrected chi connectivity index (χ2v) is 7.72. The maximum absolute atomic E-state index is 12.6. The number of H-pyrrole nitrogens is 2. The molecule has 1 fully saturated rings. The number of rotatable bonds is 6. The minimum absolute atomic E-state index is 0.147. The highest BCUT2D eigenvalue weighted by Gasteiger charge is 2.32. The smallest absolute Gasteiger partial charge is 0.337 e. The number of carbonyl (C=O) groups excluding carboxylic acids is 1. The van der Waals surface area contributed by atoms with E-state index in [1.807, 2.05) is 11.8 Å². The molecule has 4 N–H and O–H groups in total. The van der Waals surface area contributed by atoms with Crippen LogP contribution in [0.4, 0.5) is 5.95 Å². The van der Waals surface area contributed by atoms with Gasteiger partial charge in [0.2, 0.25) is 5.95 Å². The fourth-order valence-electron chi connectivity index (χ4n) is 3.82. The summed E-state index contributed by atoms with van der Waals surface area (Å²) in [6.07, 6.45) is 0.975. The molecule has 0 saturated carbocycles. The quantitative estimate of drug-likeness (QED) is 0.455. The molecule has 10 nitrogen and oxygen atoms in total. The van der Waals surface area contributed by atoms with Crippen molar-refractivity contribution >= 4 is 40.5 Å². The number of carboxylic acids is 1. The van der Waals surface area contributed by atoms with Gasteiger partial charge in [-0.15, -0.1) is 0 Å². The normalized spacial score (nSPS) is 19.0. The van der Waals surface area contributed by atoms with Crippen molar-refractivity contribution in [1.82, 2.24) is 25.3 Å². The number of benzene rings is 1. The topological polar surface area (TPSA) is 136 Å². The van der Waals surface area contributed by atoms with Crippen molar-refractivity contribution in [3.05, 3.63) is 40.4 Å². The Morgan fingerprint density at radius 1 is 1.35 bits per heavy atom. The monoisotopic (exact) mass is 446 g/mol. The van der Waals surface area contributed by atoms with Crippen molar-refractivity contribution in [3.63, 3.8) is 0 Å². The summed E-state index contributed by atoms with van der Waals surface area (Å²) in [7, 11) is 1.59. The van der Waals surface area contributed by atoms with Crippen LogP contribution in [0.2, 0.25) is 5.15 Å². The van der Waals surface area contributed by atoms with Crippen LogP contribution in [0.5, 0.6) is 0 Å². The first kappa shape index (κ1) is 21.1. The van der Waals surface area contributed by atoms with Gasteiger partial charge in [0.25, 0.3) is 5.91 Å². The number of amides is 1. The molecule has 31 heavy (non-hydrogen) atoms. The summed E-state index contributed by atoms with van der Waals surface area (Å²) in [6.45, 7) is 3.00. The number of aromatic nitrogens is 4. The van der Waals surface area contributed by atoms with Crippen LogP contribution >= 0.6 is 11.6 Å². The molecule has 4 rings (SSSR count). The molecule has 11 heteroatoms. The van der Waals surface area contributed by atoms with Crippen molar-refractivity contribution < 1.29 is 19.4 Å². The van der Waals surface area contributed by atoms with Gasteiger partial charge in [0, 0.05) is 20.2 Å². The van der Waals surface area contributed by atoms with Gasteiger partial charge in [0.1, 0.15) is 5.52 Å². The number of fused-ring (bicyclic) bond motifs is 1. The van der Waals surface area contributed by atoms with Gasteiger partial charge in [0.15, 0.2) is 11.0 Å². The first-order valence-corrected chi connectivity index (χ1v) is 10.3. The summed E-state index contributed by atoms with van der Waals surface area (Å²) < 4.78 is 5.63. The average Bonchev–Trinajstić information content (AvgIpc) is 3.36. The van der Waals surface area contributed by atoms with Crippen LogP contribution in [0.25, 0.3) is 11.0 Å². The third kappa shape index (κ3) is 4.08. The third-order valence-corrected chi connectivity index (χ3v) is 5.82. The van der Waals surface area contributed by atoms with Crippen LogP contribution in [0.3, 0.4) is 0 Å². The summed E-state index contributed by atoms with van der Waals surface area (Å²) >= 11 is 6.04. The number of nitrogens with zero attached hydrogens (tertiary/aromatic N) is 3. The Balaban J connectivity index is 1.48. The molecule has 0 aliphatic carbocycles. The third-order valence-electron chi connectivity index (χ3n) is 5.51. The van der Waals surface area contributed by atoms with E-state index < -0.39 is 5.97 Å². The Hall–Kier alpha value is -3.11. The van der Waals surface area contributed by atoms with Gasteiger partial charge in [-0.3, -0.25) is 4.79 Å². The highest BCUT2D eigenvalue weighted by atomic mass is 35.5. The number of nitrogens with one attached hydrogen (secondary N) is 3. The Bertz CT molecular complexity index is 1130. The SMILES string of the molecule is CCc1[nH]c(C(=O)N[C@@H]2CCN(c3nc4c(C(=O)O)cccc4[nH]3)C[C@@H]2OC)nc1Cl. The summed E-state index contributed by atoms with van der Waals surface area (Å²) in [5, 5.41) is 12.7. The van der Waals surface area contributed by atoms with Gasteiger partial charge in [-0.05, 0) is 25.0 Å². The zero-order chi connectivity index (χ0) is 22.1. The molecule has 1 saturated heterocycles. The number of anilines is 1.